The maximum atomic E-state index is 6.16. The van der Waals surface area contributed by atoms with Crippen LogP contribution in [-0.2, 0) is 5.41 Å². The summed E-state index contributed by atoms with van der Waals surface area (Å²) in [5.41, 5.74) is 1.38. The molecular weight excluding hydrogens is 304 g/mol. The van der Waals surface area contributed by atoms with Gasteiger partial charge in [-0.25, -0.2) is 4.98 Å². The van der Waals surface area contributed by atoms with E-state index in [1.165, 1.54) is 0 Å². The van der Waals surface area contributed by atoms with Crippen molar-refractivity contribution in [3.05, 3.63) is 45.8 Å². The van der Waals surface area contributed by atoms with Crippen LogP contribution >= 0.6 is 23.8 Å². The van der Waals surface area contributed by atoms with E-state index in [4.69, 9.17) is 28.2 Å². The van der Waals surface area contributed by atoms with Crippen LogP contribution < -0.4 is 0 Å². The number of hydrogen-bond acceptors (Lipinski definition) is 3. The number of aromatic amines is 1. The van der Waals surface area contributed by atoms with Crippen LogP contribution in [0.3, 0.4) is 0 Å². The molecule has 5 heteroatoms. The Morgan fingerprint density at radius 2 is 2.00 bits per heavy atom. The first-order chi connectivity index (χ1) is 9.84. The van der Waals surface area contributed by atoms with E-state index in [2.05, 4.69) is 30.7 Å². The molecule has 0 unspecified atom stereocenters. The number of hydrogen-bond donors (Lipinski definition) is 1. The SMILES string of the molecule is CC(C)(C)c1nc(=S)cc(-c2cc3cccc(Cl)c3o2)[nH]1. The highest BCUT2D eigenvalue weighted by atomic mass is 35.5. The van der Waals surface area contributed by atoms with Gasteiger partial charge in [0.2, 0.25) is 0 Å². The summed E-state index contributed by atoms with van der Waals surface area (Å²) in [5, 5.41) is 1.56. The Morgan fingerprint density at radius 1 is 1.24 bits per heavy atom. The van der Waals surface area contributed by atoms with Crippen LogP contribution in [0.15, 0.2) is 34.7 Å². The predicted molar refractivity (Wildman–Crippen MR) is 88.3 cm³/mol. The van der Waals surface area contributed by atoms with Gasteiger partial charge in [0.05, 0.1) is 10.7 Å². The lowest BCUT2D eigenvalue weighted by Crippen LogP contribution is -2.16. The van der Waals surface area contributed by atoms with Gasteiger partial charge in [-0.15, -0.1) is 0 Å². The van der Waals surface area contributed by atoms with Crippen molar-refractivity contribution in [2.45, 2.75) is 26.2 Å². The van der Waals surface area contributed by atoms with Crippen LogP contribution in [0.2, 0.25) is 5.02 Å². The summed E-state index contributed by atoms with van der Waals surface area (Å²) in [7, 11) is 0. The number of furan rings is 1. The van der Waals surface area contributed by atoms with Gasteiger partial charge in [-0.05, 0) is 12.1 Å². The van der Waals surface area contributed by atoms with Crippen molar-refractivity contribution in [3.8, 4) is 11.5 Å². The zero-order chi connectivity index (χ0) is 15.2. The van der Waals surface area contributed by atoms with Crippen LogP contribution in [0.1, 0.15) is 26.6 Å². The number of fused-ring (bicyclic) bond motifs is 1. The van der Waals surface area contributed by atoms with Gasteiger partial charge in [0, 0.05) is 16.9 Å². The van der Waals surface area contributed by atoms with Crippen molar-refractivity contribution in [2.24, 2.45) is 0 Å². The quantitative estimate of drug-likeness (QED) is 0.602. The molecule has 0 spiro atoms. The number of nitrogens with one attached hydrogen (secondary N) is 1. The van der Waals surface area contributed by atoms with Crippen LogP contribution in [0.5, 0.6) is 0 Å². The monoisotopic (exact) mass is 318 g/mol. The highest BCUT2D eigenvalue weighted by Gasteiger charge is 2.18. The van der Waals surface area contributed by atoms with Gasteiger partial charge in [-0.2, -0.15) is 0 Å². The van der Waals surface area contributed by atoms with Crippen molar-refractivity contribution in [3.63, 3.8) is 0 Å². The zero-order valence-electron chi connectivity index (χ0n) is 12.0. The molecule has 0 saturated heterocycles. The molecule has 0 aliphatic carbocycles. The summed E-state index contributed by atoms with van der Waals surface area (Å²) >= 11 is 11.4. The molecule has 2 aromatic heterocycles. The van der Waals surface area contributed by atoms with Crippen molar-refractivity contribution in [2.75, 3.05) is 0 Å². The fourth-order valence-electron chi connectivity index (χ4n) is 2.11. The van der Waals surface area contributed by atoms with Crippen molar-refractivity contribution in [1.29, 1.82) is 0 Å². The van der Waals surface area contributed by atoms with Crippen LogP contribution in [0.4, 0.5) is 0 Å². The summed E-state index contributed by atoms with van der Waals surface area (Å²) < 4.78 is 6.41. The maximum absolute atomic E-state index is 6.16. The summed E-state index contributed by atoms with van der Waals surface area (Å²) in [6.45, 7) is 6.25. The van der Waals surface area contributed by atoms with E-state index in [0.29, 0.717) is 21.0 Å². The van der Waals surface area contributed by atoms with E-state index in [1.54, 1.807) is 6.07 Å². The molecule has 0 fully saturated rings. The number of rotatable bonds is 1. The second-order valence-corrected chi connectivity index (χ2v) is 6.83. The molecule has 3 nitrogen and oxygen atoms in total. The molecule has 3 rings (SSSR count). The van der Waals surface area contributed by atoms with Crippen molar-refractivity contribution < 1.29 is 4.42 Å². The van der Waals surface area contributed by atoms with Gasteiger partial charge < -0.3 is 9.40 Å². The molecule has 0 radical (unpaired) electrons. The highest BCUT2D eigenvalue weighted by Crippen LogP contribution is 2.32. The lowest BCUT2D eigenvalue weighted by Gasteiger charge is -2.17. The number of nitrogens with zero attached hydrogens (tertiary/aromatic N) is 1. The average molecular weight is 319 g/mol. The van der Waals surface area contributed by atoms with Gasteiger partial charge in [-0.3, -0.25) is 0 Å². The third kappa shape index (κ3) is 2.74. The summed E-state index contributed by atoms with van der Waals surface area (Å²) in [5.74, 6) is 1.54. The molecule has 108 valence electrons. The molecule has 0 atom stereocenters. The minimum absolute atomic E-state index is 0.118. The molecular formula is C16H15ClN2OS. The topological polar surface area (TPSA) is 41.8 Å². The Hall–Kier alpha value is -1.65. The van der Waals surface area contributed by atoms with Gasteiger partial charge in [-0.1, -0.05) is 56.7 Å². The Bertz CT molecular complexity index is 874. The fourth-order valence-corrected chi connectivity index (χ4v) is 2.54. The van der Waals surface area contributed by atoms with Crippen molar-refractivity contribution >= 4 is 34.8 Å². The van der Waals surface area contributed by atoms with E-state index >= 15 is 0 Å². The molecule has 0 saturated carbocycles. The highest BCUT2D eigenvalue weighted by molar-refractivity contribution is 7.71. The summed E-state index contributed by atoms with van der Waals surface area (Å²) in [4.78, 5) is 7.70. The Morgan fingerprint density at radius 3 is 2.67 bits per heavy atom. The first-order valence-corrected chi connectivity index (χ1v) is 7.43. The maximum Gasteiger partial charge on any atom is 0.153 e. The lowest BCUT2D eigenvalue weighted by atomic mass is 9.95. The minimum atomic E-state index is -0.118. The summed E-state index contributed by atoms with van der Waals surface area (Å²) in [6.07, 6.45) is 0. The second-order valence-electron chi connectivity index (χ2n) is 6.00. The second kappa shape index (κ2) is 4.97. The normalized spacial score (nSPS) is 12.0. The number of benzene rings is 1. The number of para-hydroxylation sites is 1. The molecule has 0 aliphatic heterocycles. The Labute approximate surface area is 133 Å². The molecule has 0 amide bonds. The van der Waals surface area contributed by atoms with E-state index in [0.717, 1.165) is 16.9 Å². The number of halogens is 1. The Balaban J connectivity index is 2.21. The average Bonchev–Trinajstić information content (AvgIpc) is 2.82. The third-order valence-electron chi connectivity index (χ3n) is 3.21. The molecule has 3 aromatic rings. The lowest BCUT2D eigenvalue weighted by molar-refractivity contribution is 0.542. The Kier molecular flexibility index (Phi) is 3.38. The minimum Gasteiger partial charge on any atom is -0.453 e. The fraction of sp³-hybridized carbons (Fsp3) is 0.250. The van der Waals surface area contributed by atoms with Gasteiger partial charge >= 0.3 is 0 Å². The largest absolute Gasteiger partial charge is 0.453 e. The van der Waals surface area contributed by atoms with E-state index in [1.807, 2.05) is 24.3 Å². The molecule has 1 aromatic carbocycles. The molecule has 1 N–H and O–H groups in total. The third-order valence-corrected chi connectivity index (χ3v) is 3.72. The van der Waals surface area contributed by atoms with Crippen LogP contribution in [0, 0.1) is 4.64 Å². The van der Waals surface area contributed by atoms with Gasteiger partial charge in [0.1, 0.15) is 10.5 Å². The standard InChI is InChI=1S/C16H15ClN2OS/c1-16(2,3)15-18-11(8-13(21)19-15)12-7-9-5-4-6-10(17)14(9)20-12/h4-8H,1-3H3,(H,18,19,21). The van der Waals surface area contributed by atoms with Crippen LogP contribution in [0.25, 0.3) is 22.4 Å². The van der Waals surface area contributed by atoms with Crippen molar-refractivity contribution in [1.82, 2.24) is 9.97 Å². The van der Waals surface area contributed by atoms with Gasteiger partial charge in [0.15, 0.2) is 11.3 Å². The molecule has 0 bridgehead atoms. The van der Waals surface area contributed by atoms with Gasteiger partial charge in [0.25, 0.3) is 0 Å². The zero-order valence-corrected chi connectivity index (χ0v) is 13.6. The smallest absolute Gasteiger partial charge is 0.153 e. The predicted octanol–water partition coefficient (Wildman–Crippen LogP) is 5.50. The van der Waals surface area contributed by atoms with E-state index in [-0.39, 0.29) is 5.41 Å². The molecule has 21 heavy (non-hydrogen) atoms. The number of aromatic nitrogens is 2. The van der Waals surface area contributed by atoms with Crippen LogP contribution in [-0.4, -0.2) is 9.97 Å². The van der Waals surface area contributed by atoms with E-state index < -0.39 is 0 Å². The molecule has 0 aliphatic rings. The number of H-pyrrole nitrogens is 1. The van der Waals surface area contributed by atoms with E-state index in [9.17, 15) is 0 Å². The summed E-state index contributed by atoms with van der Waals surface area (Å²) in [6, 6.07) is 9.44. The first kappa shape index (κ1) is 14.3. The molecule has 2 heterocycles. The first-order valence-electron chi connectivity index (χ1n) is 6.65.